The highest BCUT2D eigenvalue weighted by Crippen LogP contribution is 2.30. The van der Waals surface area contributed by atoms with Crippen LogP contribution in [0.25, 0.3) is 21.8 Å². The average Bonchev–Trinajstić information content (AvgIpc) is 2.83. The van der Waals surface area contributed by atoms with Crippen LogP contribution in [0.5, 0.6) is 0 Å². The zero-order valence-corrected chi connectivity index (χ0v) is 13.7. The van der Waals surface area contributed by atoms with Gasteiger partial charge in [-0.1, -0.05) is 12.1 Å². The van der Waals surface area contributed by atoms with Crippen LogP contribution in [-0.4, -0.2) is 16.4 Å². The van der Waals surface area contributed by atoms with Crippen molar-refractivity contribution < 1.29 is 9.59 Å². The summed E-state index contributed by atoms with van der Waals surface area (Å²) in [6.45, 7) is 0. The van der Waals surface area contributed by atoms with E-state index in [-0.39, 0.29) is 11.8 Å². The quantitative estimate of drug-likeness (QED) is 0.728. The van der Waals surface area contributed by atoms with E-state index in [0.29, 0.717) is 25.7 Å². The summed E-state index contributed by atoms with van der Waals surface area (Å²) >= 11 is 0. The molecule has 0 bridgehead atoms. The van der Waals surface area contributed by atoms with Crippen LogP contribution in [0.2, 0.25) is 0 Å². The molecule has 1 aromatic heterocycles. The van der Waals surface area contributed by atoms with Gasteiger partial charge in [-0.05, 0) is 48.2 Å². The Hall–Kier alpha value is -2.82. The van der Waals surface area contributed by atoms with E-state index in [4.69, 9.17) is 11.5 Å². The molecule has 0 radical (unpaired) electrons. The van der Waals surface area contributed by atoms with Gasteiger partial charge in [0.1, 0.15) is 0 Å². The first-order chi connectivity index (χ1) is 11.5. The van der Waals surface area contributed by atoms with E-state index >= 15 is 0 Å². The lowest BCUT2D eigenvalue weighted by Gasteiger charge is -2.01. The number of amides is 2. The minimum absolute atomic E-state index is 0.290. The van der Waals surface area contributed by atoms with Gasteiger partial charge in [-0.25, -0.2) is 0 Å². The van der Waals surface area contributed by atoms with Gasteiger partial charge in [-0.3, -0.25) is 9.59 Å². The van der Waals surface area contributed by atoms with Gasteiger partial charge >= 0.3 is 0 Å². The first-order valence-electron chi connectivity index (χ1n) is 8.02. The predicted octanol–water partition coefficient (Wildman–Crippen LogP) is 2.17. The van der Waals surface area contributed by atoms with Crippen LogP contribution in [0.1, 0.15) is 24.0 Å². The van der Waals surface area contributed by atoms with E-state index in [0.717, 1.165) is 32.9 Å². The van der Waals surface area contributed by atoms with E-state index in [2.05, 4.69) is 28.8 Å². The predicted molar refractivity (Wildman–Crippen MR) is 95.5 cm³/mol. The molecule has 0 aliphatic heterocycles. The molecular formula is C19H21N3O2. The Labute approximate surface area is 140 Å². The van der Waals surface area contributed by atoms with Gasteiger partial charge in [0.2, 0.25) is 11.8 Å². The maximum Gasteiger partial charge on any atom is 0.217 e. The number of aromatic nitrogens is 1. The maximum absolute atomic E-state index is 11.0. The van der Waals surface area contributed by atoms with Crippen LogP contribution in [0.3, 0.4) is 0 Å². The first kappa shape index (κ1) is 16.1. The smallest absolute Gasteiger partial charge is 0.217 e. The van der Waals surface area contributed by atoms with Crippen molar-refractivity contribution in [2.75, 3.05) is 0 Å². The second kappa shape index (κ2) is 6.35. The topological polar surface area (TPSA) is 91.1 Å². The van der Waals surface area contributed by atoms with E-state index in [1.54, 1.807) is 0 Å². The summed E-state index contributed by atoms with van der Waals surface area (Å²) in [4.78, 5) is 22.0. The van der Waals surface area contributed by atoms with Gasteiger partial charge < -0.3 is 16.0 Å². The molecule has 0 aliphatic rings. The van der Waals surface area contributed by atoms with Gasteiger partial charge in [-0.15, -0.1) is 0 Å². The number of benzene rings is 2. The molecule has 3 aromatic rings. The molecule has 0 saturated carbocycles. The molecule has 0 saturated heterocycles. The molecule has 5 heteroatoms. The van der Waals surface area contributed by atoms with Gasteiger partial charge in [0.15, 0.2) is 0 Å². The largest absolute Gasteiger partial charge is 0.370 e. The van der Waals surface area contributed by atoms with Crippen LogP contribution < -0.4 is 11.5 Å². The fourth-order valence-electron chi connectivity index (χ4n) is 3.16. The lowest BCUT2D eigenvalue weighted by atomic mass is 10.0. The Morgan fingerprint density at radius 1 is 0.833 bits per heavy atom. The standard InChI is InChI=1S/C19H21N3O2/c1-22-16-6-2-12(4-8-18(20)23)10-14(16)15-11-13(3-7-17(15)22)5-9-19(21)24/h2-3,6-7,10-11H,4-5,8-9H2,1H3,(H2,20,23)(H2,21,24). The summed E-state index contributed by atoms with van der Waals surface area (Å²) in [6, 6.07) is 12.5. The minimum Gasteiger partial charge on any atom is -0.370 e. The number of hydrogen-bond acceptors (Lipinski definition) is 2. The summed E-state index contributed by atoms with van der Waals surface area (Å²) < 4.78 is 2.15. The van der Waals surface area contributed by atoms with Crippen LogP contribution in [-0.2, 0) is 29.5 Å². The number of fused-ring (bicyclic) bond motifs is 3. The zero-order chi connectivity index (χ0) is 17.3. The second-order valence-corrected chi connectivity index (χ2v) is 6.19. The van der Waals surface area contributed by atoms with Crippen molar-refractivity contribution in [1.29, 1.82) is 0 Å². The number of rotatable bonds is 6. The van der Waals surface area contributed by atoms with Crippen molar-refractivity contribution in [3.8, 4) is 0 Å². The third kappa shape index (κ3) is 3.11. The van der Waals surface area contributed by atoms with Crippen LogP contribution >= 0.6 is 0 Å². The summed E-state index contributed by atoms with van der Waals surface area (Å²) in [6.07, 6.45) is 1.98. The van der Waals surface area contributed by atoms with Crippen molar-refractivity contribution >= 4 is 33.6 Å². The molecule has 24 heavy (non-hydrogen) atoms. The molecule has 2 aromatic carbocycles. The highest BCUT2D eigenvalue weighted by Gasteiger charge is 2.10. The number of nitrogens with two attached hydrogens (primary N) is 2. The van der Waals surface area contributed by atoms with E-state index in [9.17, 15) is 9.59 Å². The highest BCUT2D eigenvalue weighted by molar-refractivity contribution is 6.08. The molecule has 0 atom stereocenters. The van der Waals surface area contributed by atoms with Gasteiger partial charge in [0.05, 0.1) is 0 Å². The van der Waals surface area contributed by atoms with Crippen LogP contribution in [0.4, 0.5) is 0 Å². The Morgan fingerprint density at radius 3 is 1.62 bits per heavy atom. The SMILES string of the molecule is Cn1c2ccc(CCC(N)=O)cc2c2cc(CCC(N)=O)ccc21. The minimum atomic E-state index is -0.290. The van der Waals surface area contributed by atoms with E-state index in [1.807, 2.05) is 19.2 Å². The number of carbonyl (C=O) groups is 2. The molecule has 2 amide bonds. The summed E-state index contributed by atoms with van der Waals surface area (Å²) in [7, 11) is 2.04. The van der Waals surface area contributed by atoms with Gasteiger partial charge in [0, 0.05) is 41.7 Å². The number of hydrogen-bond donors (Lipinski definition) is 2. The van der Waals surface area contributed by atoms with Crippen molar-refractivity contribution in [1.82, 2.24) is 4.57 Å². The van der Waals surface area contributed by atoms with E-state index in [1.165, 1.54) is 0 Å². The fraction of sp³-hybridized carbons (Fsp3) is 0.263. The Kier molecular flexibility index (Phi) is 4.25. The molecule has 0 aliphatic carbocycles. The molecule has 124 valence electrons. The summed E-state index contributed by atoms with van der Waals surface area (Å²) in [5, 5.41) is 2.30. The third-order valence-corrected chi connectivity index (χ3v) is 4.45. The van der Waals surface area contributed by atoms with Crippen LogP contribution in [0, 0.1) is 0 Å². The number of aryl methyl sites for hydroxylation is 3. The maximum atomic E-state index is 11.0. The molecule has 0 fully saturated rings. The normalized spacial score (nSPS) is 11.2. The van der Waals surface area contributed by atoms with Crippen molar-refractivity contribution in [3.63, 3.8) is 0 Å². The highest BCUT2D eigenvalue weighted by atomic mass is 16.1. The molecule has 1 heterocycles. The Bertz CT molecular complexity index is 865. The van der Waals surface area contributed by atoms with Gasteiger partial charge in [0.25, 0.3) is 0 Å². The molecule has 0 spiro atoms. The lowest BCUT2D eigenvalue weighted by Crippen LogP contribution is -2.11. The second-order valence-electron chi connectivity index (χ2n) is 6.19. The van der Waals surface area contributed by atoms with Crippen molar-refractivity contribution in [2.45, 2.75) is 25.7 Å². The van der Waals surface area contributed by atoms with Crippen molar-refractivity contribution in [3.05, 3.63) is 47.5 Å². The zero-order valence-electron chi connectivity index (χ0n) is 13.7. The molecule has 4 N–H and O–H groups in total. The van der Waals surface area contributed by atoms with Crippen LogP contribution in [0.15, 0.2) is 36.4 Å². The first-order valence-corrected chi connectivity index (χ1v) is 8.02. The number of primary amides is 2. The molecule has 0 unspecified atom stereocenters. The summed E-state index contributed by atoms with van der Waals surface area (Å²) in [5.41, 5.74) is 15.0. The number of carbonyl (C=O) groups excluding carboxylic acids is 2. The molecular weight excluding hydrogens is 302 g/mol. The molecule has 5 nitrogen and oxygen atoms in total. The fourth-order valence-corrected chi connectivity index (χ4v) is 3.16. The Morgan fingerprint density at radius 2 is 1.25 bits per heavy atom. The van der Waals surface area contributed by atoms with E-state index < -0.39 is 0 Å². The van der Waals surface area contributed by atoms with Gasteiger partial charge in [-0.2, -0.15) is 0 Å². The Balaban J connectivity index is 2.05. The van der Waals surface area contributed by atoms with Crippen molar-refractivity contribution in [2.24, 2.45) is 18.5 Å². The third-order valence-electron chi connectivity index (χ3n) is 4.45. The lowest BCUT2D eigenvalue weighted by molar-refractivity contribution is -0.118. The monoisotopic (exact) mass is 323 g/mol. The number of nitrogens with zero attached hydrogens (tertiary/aromatic N) is 1. The average molecular weight is 323 g/mol. The summed E-state index contributed by atoms with van der Waals surface area (Å²) in [5.74, 6) is -0.580. The molecule has 3 rings (SSSR count).